The van der Waals surface area contributed by atoms with Crippen molar-refractivity contribution in [2.75, 3.05) is 30.3 Å². The second kappa shape index (κ2) is 13.4. The highest BCUT2D eigenvalue weighted by Gasteiger charge is 2.34. The second-order valence-electron chi connectivity index (χ2n) is 11.1. The molecular formula is C34H36N6O3S. The molecule has 1 aromatic heterocycles. The SMILES string of the molecule is CC1=C(C(=O)Nc2cccc(C)c2)C(c2ccc(OCC(=O)N3CCCCC3)cc2)n2nc(SCc3ccccc3)nc2N1. The smallest absolute Gasteiger partial charge is 0.260 e. The average Bonchev–Trinajstić information content (AvgIpc) is 3.45. The first-order valence-electron chi connectivity index (χ1n) is 14.9. The Labute approximate surface area is 261 Å². The molecule has 10 heteroatoms. The lowest BCUT2D eigenvalue weighted by atomic mass is 9.95. The molecule has 0 aliphatic carbocycles. The maximum Gasteiger partial charge on any atom is 0.260 e. The van der Waals surface area contributed by atoms with Crippen molar-refractivity contribution in [1.82, 2.24) is 19.7 Å². The molecule has 44 heavy (non-hydrogen) atoms. The van der Waals surface area contributed by atoms with Crippen LogP contribution in [0.4, 0.5) is 11.6 Å². The Hall–Kier alpha value is -4.57. The molecule has 2 aliphatic heterocycles. The lowest BCUT2D eigenvalue weighted by Crippen LogP contribution is -2.38. The summed E-state index contributed by atoms with van der Waals surface area (Å²) in [5.41, 5.74) is 5.04. The molecule has 9 nitrogen and oxygen atoms in total. The molecule has 0 radical (unpaired) electrons. The summed E-state index contributed by atoms with van der Waals surface area (Å²) in [6.45, 7) is 5.47. The van der Waals surface area contributed by atoms with Crippen molar-refractivity contribution in [3.8, 4) is 5.75 Å². The van der Waals surface area contributed by atoms with Gasteiger partial charge in [0.2, 0.25) is 11.1 Å². The summed E-state index contributed by atoms with van der Waals surface area (Å²) >= 11 is 1.54. The van der Waals surface area contributed by atoms with Gasteiger partial charge in [-0.1, -0.05) is 66.4 Å². The molecule has 4 aromatic rings. The van der Waals surface area contributed by atoms with E-state index in [-0.39, 0.29) is 18.4 Å². The number of hydrogen-bond acceptors (Lipinski definition) is 7. The van der Waals surface area contributed by atoms with Crippen LogP contribution in [0.2, 0.25) is 0 Å². The van der Waals surface area contributed by atoms with Crippen LogP contribution in [0.3, 0.4) is 0 Å². The molecule has 3 heterocycles. The van der Waals surface area contributed by atoms with Crippen LogP contribution in [-0.4, -0.2) is 51.2 Å². The highest BCUT2D eigenvalue weighted by atomic mass is 32.2. The zero-order valence-corrected chi connectivity index (χ0v) is 25.8. The van der Waals surface area contributed by atoms with Crippen LogP contribution in [-0.2, 0) is 15.3 Å². The normalized spacial score (nSPS) is 16.2. The van der Waals surface area contributed by atoms with Gasteiger partial charge in [0.15, 0.2) is 6.61 Å². The van der Waals surface area contributed by atoms with Gasteiger partial charge in [0.05, 0.1) is 5.57 Å². The number of rotatable bonds is 9. The minimum Gasteiger partial charge on any atom is -0.484 e. The molecule has 0 saturated carbocycles. The fourth-order valence-electron chi connectivity index (χ4n) is 5.56. The molecule has 0 bridgehead atoms. The molecule has 6 rings (SSSR count). The largest absolute Gasteiger partial charge is 0.484 e. The second-order valence-corrected chi connectivity index (χ2v) is 12.1. The van der Waals surface area contributed by atoms with Crippen molar-refractivity contribution >= 4 is 35.2 Å². The number of aromatic nitrogens is 3. The minimum absolute atomic E-state index is 0.00504. The molecule has 1 saturated heterocycles. The van der Waals surface area contributed by atoms with E-state index in [1.807, 2.05) is 85.5 Å². The number of amides is 2. The van der Waals surface area contributed by atoms with E-state index >= 15 is 0 Å². The number of ether oxygens (including phenoxy) is 1. The standard InChI is InChI=1S/C34H36N6O3S/c1-23-10-9-13-27(20-23)36-32(42)30-24(2)35-33-37-34(44-22-25-11-5-3-6-12-25)38-40(33)31(30)26-14-16-28(17-15-26)43-21-29(41)39-18-7-4-8-19-39/h3,5-6,9-17,20,31H,4,7-8,18-19,21-22H2,1-2H3,(H,36,42)(H,35,37,38). The molecule has 1 unspecified atom stereocenters. The number of carbonyl (C=O) groups excluding carboxylic acids is 2. The Bertz CT molecular complexity index is 1660. The topological polar surface area (TPSA) is 101 Å². The first-order valence-corrected chi connectivity index (χ1v) is 15.9. The van der Waals surface area contributed by atoms with E-state index in [1.165, 1.54) is 12.0 Å². The van der Waals surface area contributed by atoms with Gasteiger partial charge < -0.3 is 20.3 Å². The van der Waals surface area contributed by atoms with Gasteiger partial charge in [-0.3, -0.25) is 9.59 Å². The summed E-state index contributed by atoms with van der Waals surface area (Å²) in [6, 6.07) is 24.9. The van der Waals surface area contributed by atoms with E-state index in [9.17, 15) is 9.59 Å². The van der Waals surface area contributed by atoms with Gasteiger partial charge in [0.1, 0.15) is 11.8 Å². The van der Waals surface area contributed by atoms with Crippen LogP contribution in [0, 0.1) is 6.92 Å². The molecule has 1 fully saturated rings. The van der Waals surface area contributed by atoms with E-state index < -0.39 is 6.04 Å². The number of anilines is 2. The maximum atomic E-state index is 13.9. The Kier molecular flexibility index (Phi) is 8.97. The number of carbonyl (C=O) groups is 2. The summed E-state index contributed by atoms with van der Waals surface area (Å²) in [5, 5.41) is 11.9. The lowest BCUT2D eigenvalue weighted by Gasteiger charge is -2.29. The van der Waals surface area contributed by atoms with Crippen LogP contribution < -0.4 is 15.4 Å². The number of nitrogens with zero attached hydrogens (tertiary/aromatic N) is 4. The van der Waals surface area contributed by atoms with Crippen molar-refractivity contribution in [3.05, 3.63) is 107 Å². The third-order valence-electron chi connectivity index (χ3n) is 7.83. The average molecular weight is 609 g/mol. The van der Waals surface area contributed by atoms with E-state index in [0.717, 1.165) is 48.5 Å². The minimum atomic E-state index is -0.529. The third kappa shape index (κ3) is 6.81. The van der Waals surface area contributed by atoms with Gasteiger partial charge in [0.25, 0.3) is 11.8 Å². The Morgan fingerprint density at radius 2 is 1.75 bits per heavy atom. The zero-order valence-electron chi connectivity index (χ0n) is 25.0. The molecule has 2 aliphatic rings. The molecule has 1 atom stereocenters. The zero-order chi connectivity index (χ0) is 30.5. The van der Waals surface area contributed by atoms with Crippen molar-refractivity contribution in [1.29, 1.82) is 0 Å². The molecule has 0 spiro atoms. The highest BCUT2D eigenvalue weighted by Crippen LogP contribution is 2.37. The summed E-state index contributed by atoms with van der Waals surface area (Å²) in [4.78, 5) is 33.1. The predicted octanol–water partition coefficient (Wildman–Crippen LogP) is 6.20. The van der Waals surface area contributed by atoms with Crippen LogP contribution in [0.15, 0.2) is 95.3 Å². The monoisotopic (exact) mass is 608 g/mol. The van der Waals surface area contributed by atoms with E-state index in [1.54, 1.807) is 16.4 Å². The van der Waals surface area contributed by atoms with Crippen LogP contribution in [0.1, 0.15) is 48.9 Å². The first-order chi connectivity index (χ1) is 21.4. The van der Waals surface area contributed by atoms with E-state index in [2.05, 4.69) is 22.8 Å². The van der Waals surface area contributed by atoms with Crippen LogP contribution in [0.25, 0.3) is 0 Å². The van der Waals surface area contributed by atoms with Gasteiger partial charge in [0, 0.05) is 30.2 Å². The lowest BCUT2D eigenvalue weighted by molar-refractivity contribution is -0.134. The summed E-state index contributed by atoms with van der Waals surface area (Å²) in [6.07, 6.45) is 3.25. The van der Waals surface area contributed by atoms with E-state index in [0.29, 0.717) is 28.1 Å². The first kappa shape index (κ1) is 29.5. The molecule has 3 aromatic carbocycles. The third-order valence-corrected chi connectivity index (χ3v) is 8.74. The number of hydrogen-bond donors (Lipinski definition) is 2. The molecule has 2 N–H and O–H groups in total. The van der Waals surface area contributed by atoms with Crippen molar-refractivity contribution in [2.45, 2.75) is 50.1 Å². The number of thioether (sulfide) groups is 1. The van der Waals surface area contributed by atoms with Gasteiger partial charge in [-0.05, 0) is 74.1 Å². The maximum absolute atomic E-state index is 13.9. The summed E-state index contributed by atoms with van der Waals surface area (Å²) in [5.74, 6) is 1.68. The Balaban J connectivity index is 1.26. The van der Waals surface area contributed by atoms with Gasteiger partial charge >= 0.3 is 0 Å². The van der Waals surface area contributed by atoms with Gasteiger partial charge in [-0.2, -0.15) is 4.98 Å². The molecular weight excluding hydrogens is 572 g/mol. The predicted molar refractivity (Wildman–Crippen MR) is 173 cm³/mol. The Morgan fingerprint density at radius 1 is 0.977 bits per heavy atom. The summed E-state index contributed by atoms with van der Waals surface area (Å²) < 4.78 is 7.64. The van der Waals surface area contributed by atoms with Crippen LogP contribution >= 0.6 is 11.8 Å². The highest BCUT2D eigenvalue weighted by molar-refractivity contribution is 7.98. The van der Waals surface area contributed by atoms with Crippen molar-refractivity contribution in [3.63, 3.8) is 0 Å². The number of fused-ring (bicyclic) bond motifs is 1. The quantitative estimate of drug-likeness (QED) is 0.218. The number of benzene rings is 3. The number of aryl methyl sites for hydroxylation is 1. The number of piperidine rings is 1. The molecule has 2 amide bonds. The fourth-order valence-corrected chi connectivity index (χ4v) is 6.35. The Morgan fingerprint density at radius 3 is 2.50 bits per heavy atom. The van der Waals surface area contributed by atoms with Crippen LogP contribution in [0.5, 0.6) is 5.75 Å². The number of likely N-dealkylation sites (tertiary alicyclic amines) is 1. The molecule has 226 valence electrons. The van der Waals surface area contributed by atoms with Gasteiger partial charge in [-0.25, -0.2) is 4.68 Å². The fraction of sp³-hybridized carbons (Fsp3) is 0.294. The summed E-state index contributed by atoms with van der Waals surface area (Å²) in [7, 11) is 0. The van der Waals surface area contributed by atoms with Crippen molar-refractivity contribution in [2.24, 2.45) is 0 Å². The van der Waals surface area contributed by atoms with Crippen molar-refractivity contribution < 1.29 is 14.3 Å². The number of allylic oxidation sites excluding steroid dienone is 1. The van der Waals surface area contributed by atoms with Gasteiger partial charge in [-0.15, -0.1) is 5.10 Å². The number of nitrogens with one attached hydrogen (secondary N) is 2. The van der Waals surface area contributed by atoms with E-state index in [4.69, 9.17) is 14.8 Å².